The fourth-order valence-corrected chi connectivity index (χ4v) is 4.25. The van der Waals surface area contributed by atoms with Crippen LogP contribution in [-0.2, 0) is 24.2 Å². The Hall–Kier alpha value is -0.870. The number of rotatable bonds is 3. The molecule has 2 unspecified atom stereocenters. The van der Waals surface area contributed by atoms with Gasteiger partial charge in [0.25, 0.3) is 0 Å². The third-order valence-corrected chi connectivity index (χ3v) is 5.32. The number of carbonyl (C=O) groups excluding carboxylic acids is 1. The van der Waals surface area contributed by atoms with Crippen molar-refractivity contribution in [3.05, 3.63) is 21.4 Å². The fraction of sp³-hybridized carbons (Fsp3) is 0.643. The van der Waals surface area contributed by atoms with Crippen molar-refractivity contribution in [2.75, 3.05) is 0 Å². The minimum Gasteiger partial charge on any atom is -0.351 e. The van der Waals surface area contributed by atoms with Gasteiger partial charge in [-0.05, 0) is 50.2 Å². The van der Waals surface area contributed by atoms with Gasteiger partial charge in [-0.1, -0.05) is 0 Å². The summed E-state index contributed by atoms with van der Waals surface area (Å²) in [6, 6.07) is 2.50. The minimum atomic E-state index is 0.145. The normalized spacial score (nSPS) is 26.3. The number of nitrogens with one attached hydrogen (secondary N) is 1. The van der Waals surface area contributed by atoms with E-state index in [4.69, 9.17) is 5.73 Å². The maximum Gasteiger partial charge on any atom is 0.223 e. The number of thiophene rings is 1. The third-order valence-electron chi connectivity index (χ3n) is 4.08. The molecule has 0 aliphatic heterocycles. The molecule has 1 aromatic rings. The van der Waals surface area contributed by atoms with E-state index in [0.29, 0.717) is 6.54 Å². The number of hydrogen-bond donors (Lipinski definition) is 2. The molecule has 1 fully saturated rings. The number of nitrogens with two attached hydrogens (primary N) is 1. The van der Waals surface area contributed by atoms with Gasteiger partial charge >= 0.3 is 0 Å². The van der Waals surface area contributed by atoms with Crippen LogP contribution in [0, 0.1) is 5.92 Å². The molecule has 0 saturated heterocycles. The van der Waals surface area contributed by atoms with Crippen LogP contribution in [-0.4, -0.2) is 11.9 Å². The summed E-state index contributed by atoms with van der Waals surface area (Å²) in [6.45, 7) is 0.697. The first kappa shape index (κ1) is 12.2. The molecule has 1 saturated carbocycles. The monoisotopic (exact) mass is 264 g/mol. The second-order valence-electron chi connectivity index (χ2n) is 5.50. The molecule has 0 radical (unpaired) electrons. The van der Waals surface area contributed by atoms with E-state index >= 15 is 0 Å². The Labute approximate surface area is 112 Å². The van der Waals surface area contributed by atoms with Crippen LogP contribution < -0.4 is 11.1 Å². The maximum atomic E-state index is 12.0. The lowest BCUT2D eigenvalue weighted by Crippen LogP contribution is -2.29. The van der Waals surface area contributed by atoms with Gasteiger partial charge in [0.05, 0.1) is 6.54 Å². The molecule has 0 bridgehead atoms. The molecule has 2 atom stereocenters. The van der Waals surface area contributed by atoms with Crippen molar-refractivity contribution in [2.24, 2.45) is 11.7 Å². The summed E-state index contributed by atoms with van der Waals surface area (Å²) in [6.07, 6.45) is 6.54. The standard InChI is InChI=1S/C14H20N2OS/c15-11-5-4-10(6-11)14(17)16-8-12-7-9-2-1-3-13(9)18-12/h7,10-11H,1-6,8,15H2,(H,16,17). The first-order chi connectivity index (χ1) is 8.72. The Morgan fingerprint density at radius 3 is 3.06 bits per heavy atom. The molecule has 3 rings (SSSR count). The molecule has 1 aromatic heterocycles. The van der Waals surface area contributed by atoms with Crippen LogP contribution in [0.25, 0.3) is 0 Å². The average Bonchev–Trinajstić information content (AvgIpc) is 3.00. The highest BCUT2D eigenvalue weighted by Gasteiger charge is 2.27. The summed E-state index contributed by atoms with van der Waals surface area (Å²) in [4.78, 5) is 14.8. The van der Waals surface area contributed by atoms with Crippen molar-refractivity contribution in [2.45, 2.75) is 51.1 Å². The van der Waals surface area contributed by atoms with Crippen LogP contribution in [0.2, 0.25) is 0 Å². The zero-order valence-corrected chi connectivity index (χ0v) is 11.4. The van der Waals surface area contributed by atoms with Crippen LogP contribution in [0.3, 0.4) is 0 Å². The molecule has 2 aliphatic carbocycles. The molecule has 1 amide bonds. The van der Waals surface area contributed by atoms with Gasteiger partial charge in [-0.15, -0.1) is 11.3 Å². The molecule has 0 spiro atoms. The summed E-state index contributed by atoms with van der Waals surface area (Å²) >= 11 is 1.87. The smallest absolute Gasteiger partial charge is 0.223 e. The average molecular weight is 264 g/mol. The van der Waals surface area contributed by atoms with Crippen LogP contribution in [0.15, 0.2) is 6.07 Å². The number of fused-ring (bicyclic) bond motifs is 1. The zero-order valence-electron chi connectivity index (χ0n) is 10.6. The second kappa shape index (κ2) is 5.02. The summed E-state index contributed by atoms with van der Waals surface area (Å²) in [7, 11) is 0. The van der Waals surface area contributed by atoms with Crippen molar-refractivity contribution in [3.63, 3.8) is 0 Å². The van der Waals surface area contributed by atoms with Gasteiger partial charge in [0.2, 0.25) is 5.91 Å². The maximum absolute atomic E-state index is 12.0. The lowest BCUT2D eigenvalue weighted by Gasteiger charge is -2.09. The molecule has 3 nitrogen and oxygen atoms in total. The predicted molar refractivity (Wildman–Crippen MR) is 73.5 cm³/mol. The summed E-state index contributed by atoms with van der Waals surface area (Å²) in [5.74, 6) is 0.336. The van der Waals surface area contributed by atoms with E-state index in [1.54, 1.807) is 0 Å². The summed E-state index contributed by atoms with van der Waals surface area (Å²) in [5, 5.41) is 3.07. The van der Waals surface area contributed by atoms with Gasteiger partial charge < -0.3 is 11.1 Å². The Bertz CT molecular complexity index is 433. The topological polar surface area (TPSA) is 55.1 Å². The molecule has 98 valence electrons. The van der Waals surface area contributed by atoms with E-state index in [1.165, 1.54) is 34.6 Å². The SMILES string of the molecule is NC1CCC(C(=O)NCc2cc3c(s2)CCC3)C1. The highest BCUT2D eigenvalue weighted by molar-refractivity contribution is 7.12. The van der Waals surface area contributed by atoms with Crippen molar-refractivity contribution < 1.29 is 4.79 Å². The molecule has 4 heteroatoms. The molecule has 1 heterocycles. The minimum absolute atomic E-state index is 0.145. The highest BCUT2D eigenvalue weighted by Crippen LogP contribution is 2.30. The first-order valence-electron chi connectivity index (χ1n) is 6.86. The molecule has 3 N–H and O–H groups in total. The zero-order chi connectivity index (χ0) is 12.5. The second-order valence-corrected chi connectivity index (χ2v) is 6.72. The number of hydrogen-bond acceptors (Lipinski definition) is 3. The molecular weight excluding hydrogens is 244 g/mol. The van der Waals surface area contributed by atoms with Crippen LogP contribution in [0.5, 0.6) is 0 Å². The Kier molecular flexibility index (Phi) is 3.39. The lowest BCUT2D eigenvalue weighted by atomic mass is 10.1. The molecular formula is C14H20N2OS. The quantitative estimate of drug-likeness (QED) is 0.877. The van der Waals surface area contributed by atoms with E-state index in [0.717, 1.165) is 19.3 Å². The highest BCUT2D eigenvalue weighted by atomic mass is 32.1. The summed E-state index contributed by atoms with van der Waals surface area (Å²) < 4.78 is 0. The van der Waals surface area contributed by atoms with Gasteiger partial charge in [-0.2, -0.15) is 0 Å². The molecule has 0 aromatic carbocycles. The van der Waals surface area contributed by atoms with E-state index < -0.39 is 0 Å². The van der Waals surface area contributed by atoms with Gasteiger partial charge in [0.1, 0.15) is 0 Å². The summed E-state index contributed by atoms with van der Waals surface area (Å²) in [5.41, 5.74) is 7.35. The Balaban J connectivity index is 1.53. The predicted octanol–water partition coefficient (Wildman–Crippen LogP) is 1.98. The van der Waals surface area contributed by atoms with Gasteiger partial charge in [0, 0.05) is 21.7 Å². The third kappa shape index (κ3) is 2.45. The number of amides is 1. The van der Waals surface area contributed by atoms with E-state index in [2.05, 4.69) is 11.4 Å². The van der Waals surface area contributed by atoms with E-state index in [9.17, 15) is 4.79 Å². The van der Waals surface area contributed by atoms with Gasteiger partial charge in [0.15, 0.2) is 0 Å². The Morgan fingerprint density at radius 2 is 2.33 bits per heavy atom. The number of aryl methyl sites for hydroxylation is 2. The van der Waals surface area contributed by atoms with Crippen molar-refractivity contribution in [3.8, 4) is 0 Å². The molecule has 18 heavy (non-hydrogen) atoms. The van der Waals surface area contributed by atoms with Crippen molar-refractivity contribution in [1.29, 1.82) is 0 Å². The van der Waals surface area contributed by atoms with Crippen LogP contribution in [0.1, 0.15) is 41.0 Å². The number of carbonyl (C=O) groups is 1. The van der Waals surface area contributed by atoms with E-state index in [-0.39, 0.29) is 17.9 Å². The van der Waals surface area contributed by atoms with E-state index in [1.807, 2.05) is 11.3 Å². The lowest BCUT2D eigenvalue weighted by molar-refractivity contribution is -0.124. The van der Waals surface area contributed by atoms with Crippen LogP contribution >= 0.6 is 11.3 Å². The van der Waals surface area contributed by atoms with Gasteiger partial charge in [-0.25, -0.2) is 0 Å². The Morgan fingerprint density at radius 1 is 1.44 bits per heavy atom. The van der Waals surface area contributed by atoms with Crippen molar-refractivity contribution in [1.82, 2.24) is 5.32 Å². The fourth-order valence-electron chi connectivity index (χ4n) is 3.05. The van der Waals surface area contributed by atoms with Gasteiger partial charge in [-0.3, -0.25) is 4.79 Å². The van der Waals surface area contributed by atoms with Crippen LogP contribution in [0.4, 0.5) is 0 Å². The first-order valence-corrected chi connectivity index (χ1v) is 7.68. The van der Waals surface area contributed by atoms with Crippen molar-refractivity contribution >= 4 is 17.2 Å². The molecule has 2 aliphatic rings. The largest absolute Gasteiger partial charge is 0.351 e.